The second-order valence-electron chi connectivity index (χ2n) is 4.50. The lowest BCUT2D eigenvalue weighted by molar-refractivity contribution is -0.152. The van der Waals surface area contributed by atoms with E-state index in [0.29, 0.717) is 0 Å². The summed E-state index contributed by atoms with van der Waals surface area (Å²) in [4.78, 5) is 13.5. The number of ether oxygens (including phenoxy) is 1. The van der Waals surface area contributed by atoms with Gasteiger partial charge >= 0.3 is 5.97 Å². The molecule has 0 saturated carbocycles. The fourth-order valence-corrected chi connectivity index (χ4v) is 3.21. The van der Waals surface area contributed by atoms with Crippen LogP contribution >= 0.6 is 11.3 Å². The maximum atomic E-state index is 11.1. The third kappa shape index (κ3) is 2.28. The lowest BCUT2D eigenvalue weighted by Crippen LogP contribution is -2.41. The van der Waals surface area contributed by atoms with Gasteiger partial charge in [-0.3, -0.25) is 0 Å². The van der Waals surface area contributed by atoms with E-state index in [1.165, 1.54) is 12.0 Å². The zero-order valence-corrected chi connectivity index (χ0v) is 11.1. The van der Waals surface area contributed by atoms with E-state index in [2.05, 4.69) is 6.07 Å². The number of methoxy groups -OCH3 is 1. The quantitative estimate of drug-likeness (QED) is 0.883. The smallest absolute Gasteiger partial charge is 0.333 e. The normalized spacial score (nSPS) is 13.8. The fourth-order valence-electron chi connectivity index (χ4n) is 2.12. The summed E-state index contributed by atoms with van der Waals surface area (Å²) in [6.45, 7) is 7.86. The predicted octanol–water partition coefficient (Wildman–Crippen LogP) is 2.74. The number of hydrogen-bond donors (Lipinski definition) is 1. The summed E-state index contributed by atoms with van der Waals surface area (Å²) in [5.41, 5.74) is 0.541. The number of hydrogen-bond acceptors (Lipinski definition) is 3. The predicted molar refractivity (Wildman–Crippen MR) is 65.3 cm³/mol. The van der Waals surface area contributed by atoms with Crippen LogP contribution in [0.15, 0.2) is 6.07 Å². The van der Waals surface area contributed by atoms with Crippen LogP contribution in [0.4, 0.5) is 0 Å². The fraction of sp³-hybridized carbons (Fsp3) is 0.583. The number of thiophene rings is 1. The van der Waals surface area contributed by atoms with Gasteiger partial charge in [-0.2, -0.15) is 0 Å². The molecular formula is C12H18O3S. The van der Waals surface area contributed by atoms with Gasteiger partial charge in [0.2, 0.25) is 0 Å². The van der Waals surface area contributed by atoms with Crippen molar-refractivity contribution in [3.8, 4) is 0 Å². The van der Waals surface area contributed by atoms with E-state index in [4.69, 9.17) is 9.84 Å². The average Bonchev–Trinajstić information content (AvgIpc) is 2.45. The van der Waals surface area contributed by atoms with Crippen molar-refractivity contribution in [2.45, 2.75) is 39.2 Å². The second kappa shape index (κ2) is 4.55. The zero-order chi connectivity index (χ0) is 12.5. The SMILES string of the molecule is COC(C(=O)O)C(C)(C)c1cc(C)sc1C. The van der Waals surface area contributed by atoms with Gasteiger partial charge in [0.15, 0.2) is 6.10 Å². The summed E-state index contributed by atoms with van der Waals surface area (Å²) in [7, 11) is 1.44. The summed E-state index contributed by atoms with van der Waals surface area (Å²) in [6, 6.07) is 2.05. The number of aryl methyl sites for hydroxylation is 2. The van der Waals surface area contributed by atoms with E-state index < -0.39 is 17.5 Å². The van der Waals surface area contributed by atoms with Crippen LogP contribution in [0.25, 0.3) is 0 Å². The Labute approximate surface area is 100 Å². The average molecular weight is 242 g/mol. The van der Waals surface area contributed by atoms with E-state index in [0.717, 1.165) is 10.4 Å². The van der Waals surface area contributed by atoms with Crippen LogP contribution < -0.4 is 0 Å². The molecule has 90 valence electrons. The first-order valence-corrected chi connectivity index (χ1v) is 5.95. The van der Waals surface area contributed by atoms with Crippen molar-refractivity contribution in [3.05, 3.63) is 21.4 Å². The Balaban J connectivity index is 3.18. The molecule has 0 aliphatic carbocycles. The molecule has 0 aliphatic heterocycles. The number of carboxylic acid groups (broad SMARTS) is 1. The molecule has 4 heteroatoms. The summed E-state index contributed by atoms with van der Waals surface area (Å²) >= 11 is 1.69. The molecule has 1 N–H and O–H groups in total. The highest BCUT2D eigenvalue weighted by molar-refractivity contribution is 7.12. The Morgan fingerprint density at radius 2 is 2.06 bits per heavy atom. The summed E-state index contributed by atoms with van der Waals surface area (Å²) < 4.78 is 5.10. The molecule has 1 aromatic rings. The van der Waals surface area contributed by atoms with E-state index in [1.54, 1.807) is 11.3 Å². The zero-order valence-electron chi connectivity index (χ0n) is 10.3. The van der Waals surface area contributed by atoms with Gasteiger partial charge in [0.25, 0.3) is 0 Å². The largest absolute Gasteiger partial charge is 0.479 e. The van der Waals surface area contributed by atoms with Crippen LogP contribution in [-0.2, 0) is 14.9 Å². The van der Waals surface area contributed by atoms with Crippen molar-refractivity contribution >= 4 is 17.3 Å². The van der Waals surface area contributed by atoms with Gasteiger partial charge in [-0.15, -0.1) is 11.3 Å². The molecule has 3 nitrogen and oxygen atoms in total. The molecule has 0 spiro atoms. The first kappa shape index (κ1) is 13.2. The Morgan fingerprint density at radius 3 is 2.38 bits per heavy atom. The molecule has 0 fully saturated rings. The minimum atomic E-state index is -0.921. The molecule has 1 rings (SSSR count). The van der Waals surface area contributed by atoms with Crippen molar-refractivity contribution in [1.82, 2.24) is 0 Å². The number of aliphatic carboxylic acids is 1. The first-order valence-electron chi connectivity index (χ1n) is 5.13. The number of rotatable bonds is 4. The number of carboxylic acids is 1. The first-order chi connectivity index (χ1) is 7.30. The lowest BCUT2D eigenvalue weighted by Gasteiger charge is -2.30. The molecule has 0 saturated heterocycles. The molecule has 0 amide bonds. The van der Waals surface area contributed by atoms with Crippen LogP contribution in [0.3, 0.4) is 0 Å². The lowest BCUT2D eigenvalue weighted by atomic mass is 9.79. The van der Waals surface area contributed by atoms with E-state index in [1.807, 2.05) is 27.7 Å². The topological polar surface area (TPSA) is 46.5 Å². The Bertz CT molecular complexity index is 393. The Kier molecular flexibility index (Phi) is 3.76. The van der Waals surface area contributed by atoms with Crippen molar-refractivity contribution in [2.75, 3.05) is 7.11 Å². The highest BCUT2D eigenvalue weighted by Crippen LogP contribution is 2.35. The molecule has 1 aromatic heterocycles. The van der Waals surface area contributed by atoms with Gasteiger partial charge in [-0.05, 0) is 25.5 Å². The Hall–Kier alpha value is -0.870. The van der Waals surface area contributed by atoms with E-state index in [-0.39, 0.29) is 0 Å². The molecule has 0 aliphatic rings. The molecule has 1 heterocycles. The van der Waals surface area contributed by atoms with Gasteiger partial charge in [-0.25, -0.2) is 4.79 Å². The third-order valence-corrected chi connectivity index (χ3v) is 3.82. The molecular weight excluding hydrogens is 224 g/mol. The number of carbonyl (C=O) groups is 1. The molecule has 1 unspecified atom stereocenters. The molecule has 1 atom stereocenters. The molecule has 0 aromatic carbocycles. The van der Waals surface area contributed by atoms with Gasteiger partial charge in [0, 0.05) is 22.3 Å². The van der Waals surface area contributed by atoms with Crippen molar-refractivity contribution < 1.29 is 14.6 Å². The summed E-state index contributed by atoms with van der Waals surface area (Å²) in [6.07, 6.45) is -0.819. The van der Waals surface area contributed by atoms with Crippen molar-refractivity contribution in [3.63, 3.8) is 0 Å². The minimum Gasteiger partial charge on any atom is -0.479 e. The second-order valence-corrected chi connectivity index (χ2v) is 5.96. The van der Waals surface area contributed by atoms with Crippen LogP contribution in [0.2, 0.25) is 0 Å². The third-order valence-electron chi connectivity index (χ3n) is 2.85. The van der Waals surface area contributed by atoms with Gasteiger partial charge in [-0.1, -0.05) is 13.8 Å². The Morgan fingerprint density at radius 1 is 1.50 bits per heavy atom. The van der Waals surface area contributed by atoms with Crippen LogP contribution in [0.1, 0.15) is 29.2 Å². The summed E-state index contributed by atoms with van der Waals surface area (Å²) in [5, 5.41) is 9.15. The van der Waals surface area contributed by atoms with Gasteiger partial charge in [0.1, 0.15) is 0 Å². The molecule has 0 bridgehead atoms. The van der Waals surface area contributed by atoms with Crippen LogP contribution in [-0.4, -0.2) is 24.3 Å². The van der Waals surface area contributed by atoms with Gasteiger partial charge < -0.3 is 9.84 Å². The van der Waals surface area contributed by atoms with Crippen LogP contribution in [0.5, 0.6) is 0 Å². The summed E-state index contributed by atoms with van der Waals surface area (Å²) in [5.74, 6) is -0.921. The maximum Gasteiger partial charge on any atom is 0.333 e. The van der Waals surface area contributed by atoms with Crippen molar-refractivity contribution in [1.29, 1.82) is 0 Å². The van der Waals surface area contributed by atoms with E-state index >= 15 is 0 Å². The van der Waals surface area contributed by atoms with Crippen molar-refractivity contribution in [2.24, 2.45) is 0 Å². The standard InChI is InChI=1S/C12H18O3S/c1-7-6-9(8(2)16-7)12(3,4)10(15-5)11(13)14/h6,10H,1-5H3,(H,13,14). The monoisotopic (exact) mass is 242 g/mol. The molecule has 16 heavy (non-hydrogen) atoms. The maximum absolute atomic E-state index is 11.1. The highest BCUT2D eigenvalue weighted by atomic mass is 32.1. The van der Waals surface area contributed by atoms with Gasteiger partial charge in [0.05, 0.1) is 0 Å². The highest BCUT2D eigenvalue weighted by Gasteiger charge is 2.38. The molecule has 0 radical (unpaired) electrons. The van der Waals surface area contributed by atoms with E-state index in [9.17, 15) is 4.79 Å². The van der Waals surface area contributed by atoms with Crippen LogP contribution in [0, 0.1) is 13.8 Å². The minimum absolute atomic E-state index is 0.518.